The zero-order valence-corrected chi connectivity index (χ0v) is 33.0. The van der Waals surface area contributed by atoms with Crippen LogP contribution in [0.3, 0.4) is 0 Å². The number of halogens is 1. The highest BCUT2D eigenvalue weighted by Crippen LogP contribution is 2.38. The van der Waals surface area contributed by atoms with Gasteiger partial charge in [-0.05, 0) is 73.7 Å². The van der Waals surface area contributed by atoms with E-state index < -0.39 is 29.7 Å². The van der Waals surface area contributed by atoms with Gasteiger partial charge in [0.15, 0.2) is 0 Å². The molecule has 1 N–H and O–H groups in total. The Morgan fingerprint density at radius 1 is 0.912 bits per heavy atom. The van der Waals surface area contributed by atoms with Crippen molar-refractivity contribution in [1.29, 1.82) is 0 Å². The Hall–Kier alpha value is -5.45. The summed E-state index contributed by atoms with van der Waals surface area (Å²) in [5.74, 6) is -0.875. The first-order chi connectivity index (χ1) is 27.4. The summed E-state index contributed by atoms with van der Waals surface area (Å²) < 4.78 is 6.28. The minimum absolute atomic E-state index is 0.0242. The molecular weight excluding hydrogens is 746 g/mol. The summed E-state index contributed by atoms with van der Waals surface area (Å²) in [6, 6.07) is 17.3. The lowest BCUT2D eigenvalue weighted by Crippen LogP contribution is -2.54. The highest BCUT2D eigenvalue weighted by atomic mass is 35.5. The van der Waals surface area contributed by atoms with Crippen molar-refractivity contribution in [3.05, 3.63) is 93.8 Å². The quantitative estimate of drug-likeness (QED) is 0.240. The lowest BCUT2D eigenvalue weighted by atomic mass is 9.90. The first-order valence-electron chi connectivity index (χ1n) is 19.7. The number of rotatable bonds is 8. The van der Waals surface area contributed by atoms with Crippen LogP contribution in [0.4, 0.5) is 17.1 Å². The van der Waals surface area contributed by atoms with Crippen molar-refractivity contribution < 1.29 is 28.7 Å². The third-order valence-electron chi connectivity index (χ3n) is 12.2. The maximum absolute atomic E-state index is 13.6. The molecule has 5 aliphatic rings. The van der Waals surface area contributed by atoms with Crippen LogP contribution < -0.4 is 19.9 Å². The predicted molar refractivity (Wildman–Crippen MR) is 215 cm³/mol. The van der Waals surface area contributed by atoms with Crippen LogP contribution in [0.25, 0.3) is 4.85 Å². The van der Waals surface area contributed by atoms with Crippen molar-refractivity contribution in [3.8, 4) is 5.75 Å². The first kappa shape index (κ1) is 38.4. The number of benzene rings is 3. The number of hydrogen-bond acceptors (Lipinski definition) is 9. The van der Waals surface area contributed by atoms with Gasteiger partial charge in [-0.2, -0.15) is 0 Å². The number of anilines is 2. The van der Waals surface area contributed by atoms with Crippen LogP contribution in [0.1, 0.15) is 70.6 Å². The van der Waals surface area contributed by atoms with Gasteiger partial charge in [0, 0.05) is 75.4 Å². The summed E-state index contributed by atoms with van der Waals surface area (Å²) in [4.78, 5) is 78.2. The van der Waals surface area contributed by atoms with Gasteiger partial charge in [0.1, 0.15) is 17.9 Å². The van der Waals surface area contributed by atoms with Gasteiger partial charge in [-0.25, -0.2) is 4.85 Å². The lowest BCUT2D eigenvalue weighted by molar-refractivity contribution is -0.136. The summed E-state index contributed by atoms with van der Waals surface area (Å²) >= 11 is 6.23. The second-order valence-corrected chi connectivity index (χ2v) is 16.8. The number of amides is 5. The maximum atomic E-state index is 13.6. The molecule has 0 radical (unpaired) electrons. The SMILES string of the molecule is [C-]#[N+]c1ccc(O[C@H]2CN(C(=O)c3ccc(N4CCN(CC5CCN(c6cccc7c6C(=O)N(C6CCC(=O)NC6=O)C7=O)CC5)CC4)cc3)CC2(C)C)cc1Cl. The third-order valence-corrected chi connectivity index (χ3v) is 12.5. The Labute approximate surface area is 337 Å². The van der Waals surface area contributed by atoms with Crippen LogP contribution in [0, 0.1) is 17.9 Å². The van der Waals surface area contributed by atoms with Crippen molar-refractivity contribution in [1.82, 2.24) is 20.0 Å². The molecule has 296 valence electrons. The number of fused-ring (bicyclic) bond motifs is 1. The van der Waals surface area contributed by atoms with Crippen LogP contribution in [-0.4, -0.2) is 115 Å². The number of piperidine rings is 2. The smallest absolute Gasteiger partial charge is 0.264 e. The number of likely N-dealkylation sites (tertiary alicyclic amines) is 1. The monoisotopic (exact) mass is 791 g/mol. The molecule has 13 nitrogen and oxygen atoms in total. The second-order valence-electron chi connectivity index (χ2n) is 16.4. The van der Waals surface area contributed by atoms with Crippen molar-refractivity contribution in [2.24, 2.45) is 11.3 Å². The molecule has 3 aromatic carbocycles. The third kappa shape index (κ3) is 7.56. The van der Waals surface area contributed by atoms with Gasteiger partial charge in [-0.1, -0.05) is 37.6 Å². The molecule has 0 aliphatic carbocycles. The molecule has 57 heavy (non-hydrogen) atoms. The Bertz CT molecular complexity index is 2150. The van der Waals surface area contributed by atoms with Gasteiger partial charge >= 0.3 is 0 Å². The van der Waals surface area contributed by atoms with Crippen LogP contribution in [0.15, 0.2) is 60.7 Å². The van der Waals surface area contributed by atoms with E-state index in [1.54, 1.807) is 30.3 Å². The normalized spacial score (nSPS) is 22.8. The van der Waals surface area contributed by atoms with Gasteiger partial charge < -0.3 is 19.4 Å². The summed E-state index contributed by atoms with van der Waals surface area (Å²) in [5.41, 5.74) is 3.24. The molecule has 5 heterocycles. The second kappa shape index (κ2) is 15.5. The van der Waals surface area contributed by atoms with Crippen molar-refractivity contribution in [3.63, 3.8) is 0 Å². The molecule has 14 heteroatoms. The number of carbonyl (C=O) groups excluding carboxylic acids is 5. The van der Waals surface area contributed by atoms with E-state index in [-0.39, 0.29) is 30.3 Å². The Morgan fingerprint density at radius 3 is 2.33 bits per heavy atom. The van der Waals surface area contributed by atoms with Crippen LogP contribution in [0.5, 0.6) is 5.75 Å². The molecule has 4 saturated heterocycles. The molecule has 3 aromatic rings. The van der Waals surface area contributed by atoms with E-state index in [4.69, 9.17) is 22.9 Å². The molecule has 8 rings (SSSR count). The summed E-state index contributed by atoms with van der Waals surface area (Å²) in [6.07, 6.45) is 1.93. The standard InChI is InChI=1S/C43H46ClN7O6/c1-43(2)26-50(25-36(43)57-30-11-12-33(45-3)32(44)23-30)40(54)28-7-9-29(10-8-28)48-21-19-47(20-22-48)24-27-15-17-49(18-16-27)34-6-4-5-31-38(34)42(56)51(41(31)55)35-13-14-37(52)46-39(35)53/h4-12,23,27,35-36H,13-22,24-26H2,1-2H3,(H,46,52,53)/t35?,36-/m0/s1. The average molecular weight is 792 g/mol. The lowest BCUT2D eigenvalue weighted by Gasteiger charge is -2.40. The fourth-order valence-electron chi connectivity index (χ4n) is 8.94. The Morgan fingerprint density at radius 2 is 1.65 bits per heavy atom. The maximum Gasteiger partial charge on any atom is 0.264 e. The number of imide groups is 2. The molecule has 5 amide bonds. The van der Waals surface area contributed by atoms with Crippen molar-refractivity contribution in [2.75, 3.05) is 68.7 Å². The van der Waals surface area contributed by atoms with Gasteiger partial charge in [0.05, 0.1) is 35.0 Å². The molecule has 1 unspecified atom stereocenters. The van der Waals surface area contributed by atoms with E-state index in [1.807, 2.05) is 35.2 Å². The molecule has 4 fully saturated rings. The number of piperazine rings is 1. The van der Waals surface area contributed by atoms with Crippen molar-refractivity contribution in [2.45, 2.75) is 51.7 Å². The van der Waals surface area contributed by atoms with Crippen molar-refractivity contribution >= 4 is 58.2 Å². The zero-order valence-electron chi connectivity index (χ0n) is 32.2. The molecule has 0 spiro atoms. The largest absolute Gasteiger partial charge is 0.488 e. The molecule has 0 saturated carbocycles. The highest BCUT2D eigenvalue weighted by Gasteiger charge is 2.47. The van der Waals surface area contributed by atoms with E-state index in [1.165, 1.54) is 0 Å². The minimum atomic E-state index is -0.981. The Balaban J connectivity index is 0.809. The minimum Gasteiger partial charge on any atom is -0.488 e. The zero-order chi connectivity index (χ0) is 40.0. The Kier molecular flexibility index (Phi) is 10.4. The summed E-state index contributed by atoms with van der Waals surface area (Å²) in [7, 11) is 0. The number of carbonyl (C=O) groups is 5. The molecule has 2 atom stereocenters. The fraction of sp³-hybridized carbons (Fsp3) is 0.442. The van der Waals surface area contributed by atoms with E-state index in [0.29, 0.717) is 52.2 Å². The van der Waals surface area contributed by atoms with E-state index in [2.05, 4.69) is 38.7 Å². The highest BCUT2D eigenvalue weighted by molar-refractivity contribution is 6.33. The van der Waals surface area contributed by atoms with E-state index >= 15 is 0 Å². The molecule has 0 aromatic heterocycles. The van der Waals surface area contributed by atoms with E-state index in [0.717, 1.165) is 74.9 Å². The van der Waals surface area contributed by atoms with Gasteiger partial charge in [0.2, 0.25) is 17.5 Å². The number of ether oxygens (including phenoxy) is 1. The fourth-order valence-corrected chi connectivity index (χ4v) is 9.15. The molecule has 5 aliphatic heterocycles. The average Bonchev–Trinajstić information content (AvgIpc) is 3.65. The van der Waals surface area contributed by atoms with Crippen LogP contribution >= 0.6 is 11.6 Å². The van der Waals surface area contributed by atoms with Gasteiger partial charge in [0.25, 0.3) is 17.7 Å². The molecule has 0 bridgehead atoms. The van der Waals surface area contributed by atoms with Crippen LogP contribution in [0.2, 0.25) is 5.02 Å². The summed E-state index contributed by atoms with van der Waals surface area (Å²) in [5, 5.41) is 2.61. The number of nitrogens with one attached hydrogen (secondary N) is 1. The summed E-state index contributed by atoms with van der Waals surface area (Å²) in [6.45, 7) is 18.6. The van der Waals surface area contributed by atoms with Gasteiger partial charge in [-0.3, -0.25) is 39.1 Å². The topological polar surface area (TPSA) is 127 Å². The number of nitrogens with zero attached hydrogens (tertiary/aromatic N) is 6. The first-order valence-corrected chi connectivity index (χ1v) is 20.1. The predicted octanol–water partition coefficient (Wildman–Crippen LogP) is 5.26. The van der Waals surface area contributed by atoms with E-state index in [9.17, 15) is 24.0 Å². The van der Waals surface area contributed by atoms with Gasteiger partial charge in [-0.15, -0.1) is 0 Å². The molecular formula is C43H46ClN7O6. The number of hydrogen-bond donors (Lipinski definition) is 1. The van der Waals surface area contributed by atoms with Crippen LogP contribution in [-0.2, 0) is 9.59 Å².